The van der Waals surface area contributed by atoms with Crippen LogP contribution in [0.4, 0.5) is 5.00 Å². The quantitative estimate of drug-likeness (QED) is 0.796. The van der Waals surface area contributed by atoms with Crippen LogP contribution in [0.3, 0.4) is 0 Å². The molecular weight excluding hydrogens is 268 g/mol. The molecule has 0 spiro atoms. The van der Waals surface area contributed by atoms with Crippen molar-refractivity contribution in [1.29, 1.82) is 0 Å². The first-order valence-corrected chi connectivity index (χ1v) is 7.08. The molecule has 0 aliphatic rings. The van der Waals surface area contributed by atoms with Gasteiger partial charge in [-0.2, -0.15) is 4.98 Å². The molecule has 0 saturated heterocycles. The van der Waals surface area contributed by atoms with E-state index in [1.54, 1.807) is 23.0 Å². The van der Waals surface area contributed by atoms with E-state index in [2.05, 4.69) is 22.0 Å². The fourth-order valence-corrected chi connectivity index (χ4v) is 2.96. The number of aryl methyl sites for hydroxylation is 1. The molecule has 0 unspecified atom stereocenters. The second kappa shape index (κ2) is 4.51. The number of nitrogens with two attached hydrogens (primary N) is 1. The van der Waals surface area contributed by atoms with Crippen LogP contribution in [0, 0.1) is 0 Å². The molecule has 92 valence electrons. The number of aromatic nitrogens is 3. The lowest BCUT2D eigenvalue weighted by atomic mass is 10.2. The Kier molecular flexibility index (Phi) is 2.85. The molecule has 3 heterocycles. The minimum absolute atomic E-state index is 0.465. The number of thiophene rings is 1. The van der Waals surface area contributed by atoms with Crippen molar-refractivity contribution in [3.63, 3.8) is 0 Å². The number of nitrogen functional groups attached to an aromatic ring is 1. The van der Waals surface area contributed by atoms with Crippen LogP contribution in [0.1, 0.15) is 11.8 Å². The normalized spacial score (nSPS) is 10.9. The van der Waals surface area contributed by atoms with Gasteiger partial charge in [0, 0.05) is 11.1 Å². The van der Waals surface area contributed by atoms with Gasteiger partial charge >= 0.3 is 0 Å². The first kappa shape index (κ1) is 11.4. The summed E-state index contributed by atoms with van der Waals surface area (Å²) < 4.78 is 5.26. The maximum atomic E-state index is 5.96. The molecule has 7 heteroatoms. The van der Waals surface area contributed by atoms with Crippen LogP contribution in [-0.4, -0.2) is 15.1 Å². The third-order valence-electron chi connectivity index (χ3n) is 2.47. The predicted octanol–water partition coefficient (Wildman–Crippen LogP) is 3.07. The highest BCUT2D eigenvalue weighted by atomic mass is 32.1. The molecule has 0 bridgehead atoms. The van der Waals surface area contributed by atoms with Crippen molar-refractivity contribution in [2.45, 2.75) is 13.3 Å². The molecule has 3 aromatic heterocycles. The van der Waals surface area contributed by atoms with Gasteiger partial charge in [-0.15, -0.1) is 22.7 Å². The predicted molar refractivity (Wildman–Crippen MR) is 72.5 cm³/mol. The van der Waals surface area contributed by atoms with Gasteiger partial charge in [-0.1, -0.05) is 12.1 Å². The monoisotopic (exact) mass is 278 g/mol. The second-order valence-electron chi connectivity index (χ2n) is 3.63. The Bertz CT molecular complexity index is 656. The first-order chi connectivity index (χ1) is 8.78. The summed E-state index contributed by atoms with van der Waals surface area (Å²) in [6.45, 7) is 2.09. The van der Waals surface area contributed by atoms with Gasteiger partial charge in [-0.05, 0) is 12.5 Å². The van der Waals surface area contributed by atoms with E-state index in [4.69, 9.17) is 10.3 Å². The zero-order valence-corrected chi connectivity index (χ0v) is 11.2. The van der Waals surface area contributed by atoms with Crippen molar-refractivity contribution >= 4 is 27.7 Å². The van der Waals surface area contributed by atoms with Gasteiger partial charge in [0.1, 0.15) is 0 Å². The minimum Gasteiger partial charge on any atom is -0.390 e. The van der Waals surface area contributed by atoms with Crippen molar-refractivity contribution in [3.8, 4) is 22.2 Å². The van der Waals surface area contributed by atoms with Gasteiger partial charge in [0.25, 0.3) is 5.89 Å². The molecular formula is C11H10N4OS2. The Morgan fingerprint density at radius 1 is 1.44 bits per heavy atom. The van der Waals surface area contributed by atoms with E-state index in [1.165, 1.54) is 16.2 Å². The van der Waals surface area contributed by atoms with Crippen molar-refractivity contribution < 1.29 is 4.52 Å². The van der Waals surface area contributed by atoms with Gasteiger partial charge in [-0.25, -0.2) is 0 Å². The number of nitrogens with zero attached hydrogens (tertiary/aromatic N) is 3. The largest absolute Gasteiger partial charge is 0.390 e. The summed E-state index contributed by atoms with van der Waals surface area (Å²) >= 11 is 3.03. The van der Waals surface area contributed by atoms with E-state index in [-0.39, 0.29) is 0 Å². The smallest absolute Gasteiger partial charge is 0.261 e. The molecule has 0 amide bonds. The van der Waals surface area contributed by atoms with Crippen molar-refractivity contribution in [3.05, 3.63) is 22.7 Å². The maximum Gasteiger partial charge on any atom is 0.261 e. The highest BCUT2D eigenvalue weighted by Crippen LogP contribution is 2.34. The maximum absolute atomic E-state index is 5.96. The highest BCUT2D eigenvalue weighted by molar-refractivity contribution is 7.16. The van der Waals surface area contributed by atoms with E-state index in [9.17, 15) is 0 Å². The standard InChI is InChI=1S/C11H10N4OS2/c1-2-6-3-7(9(12)18-6)11-14-10(15-16-11)8-4-13-5-17-8/h3-5H,2,12H2,1H3. The summed E-state index contributed by atoms with van der Waals surface area (Å²) in [4.78, 5) is 10.4. The van der Waals surface area contributed by atoms with Crippen molar-refractivity contribution in [2.75, 3.05) is 5.73 Å². The van der Waals surface area contributed by atoms with Crippen LogP contribution in [0.15, 0.2) is 22.3 Å². The summed E-state index contributed by atoms with van der Waals surface area (Å²) in [6.07, 6.45) is 2.67. The molecule has 18 heavy (non-hydrogen) atoms. The fourth-order valence-electron chi connectivity index (χ4n) is 1.56. The van der Waals surface area contributed by atoms with Crippen LogP contribution < -0.4 is 5.73 Å². The lowest BCUT2D eigenvalue weighted by Gasteiger charge is -1.88. The third kappa shape index (κ3) is 1.91. The Hall–Kier alpha value is -1.73. The van der Waals surface area contributed by atoms with Crippen LogP contribution >= 0.6 is 22.7 Å². The van der Waals surface area contributed by atoms with Crippen LogP contribution in [-0.2, 0) is 6.42 Å². The van der Waals surface area contributed by atoms with Gasteiger partial charge in [0.05, 0.1) is 21.0 Å². The SMILES string of the molecule is CCc1cc(-c2nc(-c3cncs3)no2)c(N)s1. The number of anilines is 1. The average molecular weight is 278 g/mol. The van der Waals surface area contributed by atoms with E-state index >= 15 is 0 Å². The molecule has 3 rings (SSSR count). The fraction of sp³-hybridized carbons (Fsp3) is 0.182. The molecule has 2 N–H and O–H groups in total. The first-order valence-electron chi connectivity index (χ1n) is 5.39. The summed E-state index contributed by atoms with van der Waals surface area (Å²) in [7, 11) is 0. The van der Waals surface area contributed by atoms with E-state index < -0.39 is 0 Å². The van der Waals surface area contributed by atoms with E-state index in [1.807, 2.05) is 6.07 Å². The molecule has 5 nitrogen and oxygen atoms in total. The average Bonchev–Trinajstić information content (AvgIpc) is 3.08. The Morgan fingerprint density at radius 3 is 3.00 bits per heavy atom. The van der Waals surface area contributed by atoms with Gasteiger partial charge in [0.2, 0.25) is 5.82 Å². The Balaban J connectivity index is 2.00. The lowest BCUT2D eigenvalue weighted by Crippen LogP contribution is -1.83. The van der Waals surface area contributed by atoms with Crippen molar-refractivity contribution in [1.82, 2.24) is 15.1 Å². The van der Waals surface area contributed by atoms with E-state index in [0.717, 1.165) is 16.9 Å². The van der Waals surface area contributed by atoms with Crippen molar-refractivity contribution in [2.24, 2.45) is 0 Å². The molecule has 3 aromatic rings. The van der Waals surface area contributed by atoms with Gasteiger partial charge in [0.15, 0.2) is 0 Å². The Labute approximate surface area is 111 Å². The molecule has 0 radical (unpaired) electrons. The minimum atomic E-state index is 0.465. The Morgan fingerprint density at radius 2 is 2.33 bits per heavy atom. The molecule has 0 aliphatic heterocycles. The number of rotatable bonds is 3. The molecule has 0 saturated carbocycles. The molecule has 0 atom stereocenters. The molecule has 0 aliphatic carbocycles. The number of thiazole rings is 1. The summed E-state index contributed by atoms with van der Waals surface area (Å²) in [5.41, 5.74) is 8.51. The van der Waals surface area contributed by atoms with E-state index in [0.29, 0.717) is 16.7 Å². The second-order valence-corrected chi connectivity index (χ2v) is 5.69. The zero-order chi connectivity index (χ0) is 12.5. The highest BCUT2D eigenvalue weighted by Gasteiger charge is 2.16. The topological polar surface area (TPSA) is 77.8 Å². The van der Waals surface area contributed by atoms with Gasteiger partial charge < -0.3 is 10.3 Å². The van der Waals surface area contributed by atoms with Crippen LogP contribution in [0.5, 0.6) is 0 Å². The third-order valence-corrected chi connectivity index (χ3v) is 4.35. The van der Waals surface area contributed by atoms with Crippen LogP contribution in [0.25, 0.3) is 22.2 Å². The summed E-state index contributed by atoms with van der Waals surface area (Å²) in [5, 5.41) is 4.66. The molecule has 0 aromatic carbocycles. The van der Waals surface area contributed by atoms with Crippen LogP contribution in [0.2, 0.25) is 0 Å². The van der Waals surface area contributed by atoms with Gasteiger partial charge in [-0.3, -0.25) is 4.98 Å². The lowest BCUT2D eigenvalue weighted by molar-refractivity contribution is 0.432. The summed E-state index contributed by atoms with van der Waals surface area (Å²) in [6, 6.07) is 2.00. The number of hydrogen-bond acceptors (Lipinski definition) is 7. The number of hydrogen-bond donors (Lipinski definition) is 1. The zero-order valence-electron chi connectivity index (χ0n) is 9.58. The molecule has 0 fully saturated rings. The summed E-state index contributed by atoms with van der Waals surface area (Å²) in [5.74, 6) is 1.02.